The van der Waals surface area contributed by atoms with E-state index in [-0.39, 0.29) is 6.09 Å². The number of amides is 1. The van der Waals surface area contributed by atoms with Crippen LogP contribution in [-0.2, 0) is 22.4 Å². The molecule has 0 bridgehead atoms. The number of hydrogen-bond acceptors (Lipinski definition) is 3. The van der Waals surface area contributed by atoms with Gasteiger partial charge in [0.1, 0.15) is 6.61 Å². The van der Waals surface area contributed by atoms with E-state index in [1.807, 2.05) is 30.3 Å². The van der Waals surface area contributed by atoms with Gasteiger partial charge in [0.15, 0.2) is 11.1 Å². The minimum absolute atomic E-state index is 0.265. The molecule has 22 heavy (non-hydrogen) atoms. The molecule has 1 aliphatic heterocycles. The Hall–Kier alpha value is -1.40. The summed E-state index contributed by atoms with van der Waals surface area (Å²) in [7, 11) is 0. The zero-order valence-electron chi connectivity index (χ0n) is 12.6. The Labute approximate surface area is 133 Å². The maximum Gasteiger partial charge on any atom is 0.410 e. The molecule has 1 aliphatic rings. The zero-order valence-corrected chi connectivity index (χ0v) is 13.5. The first-order valence-corrected chi connectivity index (χ1v) is 8.96. The molecule has 0 aliphatic carbocycles. The minimum atomic E-state index is -1.72. The van der Waals surface area contributed by atoms with Crippen LogP contribution in [-0.4, -0.2) is 38.6 Å². The molecule has 0 radical (unpaired) electrons. The number of rotatable bonds is 6. The van der Waals surface area contributed by atoms with Gasteiger partial charge in [-0.2, -0.15) is 0 Å². The highest BCUT2D eigenvalue weighted by molar-refractivity contribution is 7.79. The average Bonchev–Trinajstić information content (AvgIpc) is 2.53. The molecule has 1 aromatic carbocycles. The van der Waals surface area contributed by atoms with Crippen molar-refractivity contribution >= 4 is 17.2 Å². The molecule has 1 fully saturated rings. The van der Waals surface area contributed by atoms with Gasteiger partial charge in [-0.3, -0.25) is 0 Å². The van der Waals surface area contributed by atoms with Gasteiger partial charge in [0.05, 0.1) is 0 Å². The normalized spacial score (nSPS) is 19.7. The molecule has 2 rings (SSSR count). The fourth-order valence-corrected chi connectivity index (χ4v) is 3.19. The van der Waals surface area contributed by atoms with Gasteiger partial charge in [-0.05, 0) is 37.2 Å². The number of piperidine rings is 1. The highest BCUT2D eigenvalue weighted by Crippen LogP contribution is 2.21. The number of ether oxygens (including phenoxy) is 1. The summed E-state index contributed by atoms with van der Waals surface area (Å²) < 4.78 is 24.8. The summed E-state index contributed by atoms with van der Waals surface area (Å²) in [5.74, 6) is 0.719. The van der Waals surface area contributed by atoms with E-state index in [0.717, 1.165) is 37.8 Å². The third-order valence-corrected chi connectivity index (χ3v) is 4.55. The second-order valence-corrected chi connectivity index (χ2v) is 6.71. The van der Waals surface area contributed by atoms with Crippen LogP contribution in [0, 0.1) is 5.92 Å². The number of hydrogen-bond donors (Lipinski definition) is 1. The van der Waals surface area contributed by atoms with Crippen LogP contribution in [0.3, 0.4) is 0 Å². The second kappa shape index (κ2) is 8.90. The lowest BCUT2D eigenvalue weighted by Gasteiger charge is -2.32. The lowest BCUT2D eigenvalue weighted by Crippen LogP contribution is -2.40. The monoisotopic (exact) mass is 325 g/mol. The van der Waals surface area contributed by atoms with Crippen molar-refractivity contribution in [1.82, 2.24) is 4.90 Å². The van der Waals surface area contributed by atoms with Gasteiger partial charge in [-0.25, -0.2) is 9.00 Å². The third kappa shape index (κ3) is 5.77. The molecule has 0 aromatic heterocycles. The molecular weight excluding hydrogens is 302 g/mol. The van der Waals surface area contributed by atoms with E-state index in [9.17, 15) is 9.00 Å². The SMILES string of the molecule is O=C(OCc1ccccc1)N1CCCC(CCCS(=O)O)C1. The lowest BCUT2D eigenvalue weighted by molar-refractivity contribution is 0.0779. The Morgan fingerprint density at radius 3 is 2.86 bits per heavy atom. The van der Waals surface area contributed by atoms with Crippen molar-refractivity contribution < 1.29 is 18.3 Å². The number of likely N-dealkylation sites (tertiary alicyclic amines) is 1. The molecule has 1 amide bonds. The van der Waals surface area contributed by atoms with Gasteiger partial charge in [-0.1, -0.05) is 30.3 Å². The molecule has 1 saturated heterocycles. The molecule has 0 spiro atoms. The van der Waals surface area contributed by atoms with Crippen molar-refractivity contribution in [2.45, 2.75) is 32.3 Å². The van der Waals surface area contributed by atoms with Crippen LogP contribution < -0.4 is 0 Å². The van der Waals surface area contributed by atoms with E-state index >= 15 is 0 Å². The second-order valence-electron chi connectivity index (χ2n) is 5.66. The van der Waals surface area contributed by atoms with E-state index in [2.05, 4.69) is 0 Å². The predicted octanol–water partition coefficient (Wildman–Crippen LogP) is 3.04. The lowest BCUT2D eigenvalue weighted by atomic mass is 9.94. The summed E-state index contributed by atoms with van der Waals surface area (Å²) in [6, 6.07) is 9.64. The molecule has 2 atom stereocenters. The topological polar surface area (TPSA) is 66.8 Å². The van der Waals surface area contributed by atoms with Gasteiger partial charge in [-0.15, -0.1) is 0 Å². The zero-order chi connectivity index (χ0) is 15.8. The summed E-state index contributed by atoms with van der Waals surface area (Å²) in [5.41, 5.74) is 0.981. The van der Waals surface area contributed by atoms with Crippen molar-refractivity contribution in [3.05, 3.63) is 35.9 Å². The smallest absolute Gasteiger partial charge is 0.410 e. The highest BCUT2D eigenvalue weighted by atomic mass is 32.2. The number of benzene rings is 1. The van der Waals surface area contributed by atoms with Crippen molar-refractivity contribution in [2.24, 2.45) is 5.92 Å². The van der Waals surface area contributed by atoms with E-state index in [4.69, 9.17) is 9.29 Å². The van der Waals surface area contributed by atoms with Gasteiger partial charge in [0, 0.05) is 18.8 Å². The fourth-order valence-electron chi connectivity index (χ4n) is 2.77. The summed E-state index contributed by atoms with van der Waals surface area (Å²) in [5, 5.41) is 0. The van der Waals surface area contributed by atoms with Crippen LogP contribution in [0.1, 0.15) is 31.2 Å². The van der Waals surface area contributed by atoms with E-state index in [1.54, 1.807) is 4.90 Å². The van der Waals surface area contributed by atoms with Gasteiger partial charge in [0.2, 0.25) is 0 Å². The summed E-state index contributed by atoms with van der Waals surface area (Å²) in [6.45, 7) is 1.71. The molecule has 6 heteroatoms. The van der Waals surface area contributed by atoms with Crippen LogP contribution in [0.25, 0.3) is 0 Å². The minimum Gasteiger partial charge on any atom is -0.445 e. The van der Waals surface area contributed by atoms with Crippen molar-refractivity contribution in [1.29, 1.82) is 0 Å². The molecule has 122 valence electrons. The Balaban J connectivity index is 1.73. The van der Waals surface area contributed by atoms with E-state index < -0.39 is 11.1 Å². The number of carbonyl (C=O) groups excluding carboxylic acids is 1. The maximum atomic E-state index is 12.1. The number of nitrogens with zero attached hydrogens (tertiary/aromatic N) is 1. The first kappa shape index (κ1) is 17.0. The molecule has 0 saturated carbocycles. The van der Waals surface area contributed by atoms with Crippen molar-refractivity contribution in [3.63, 3.8) is 0 Å². The van der Waals surface area contributed by atoms with Gasteiger partial charge >= 0.3 is 6.09 Å². The Morgan fingerprint density at radius 2 is 2.14 bits per heavy atom. The Kier molecular flexibility index (Phi) is 6.86. The summed E-state index contributed by atoms with van der Waals surface area (Å²) in [6.07, 6.45) is 3.38. The Bertz CT molecular complexity index is 494. The largest absolute Gasteiger partial charge is 0.445 e. The maximum absolute atomic E-state index is 12.1. The fraction of sp³-hybridized carbons (Fsp3) is 0.562. The van der Waals surface area contributed by atoms with Crippen molar-refractivity contribution in [2.75, 3.05) is 18.8 Å². The number of carbonyl (C=O) groups is 1. The van der Waals surface area contributed by atoms with E-state index in [1.165, 1.54) is 0 Å². The molecular formula is C16H23NO4S. The quantitative estimate of drug-likeness (QED) is 0.816. The van der Waals surface area contributed by atoms with Crippen molar-refractivity contribution in [3.8, 4) is 0 Å². The molecule has 1 N–H and O–H groups in total. The molecule has 2 unspecified atom stereocenters. The third-order valence-electron chi connectivity index (χ3n) is 3.91. The average molecular weight is 325 g/mol. The van der Waals surface area contributed by atoms with Crippen LogP contribution >= 0.6 is 0 Å². The molecule has 5 nitrogen and oxygen atoms in total. The van der Waals surface area contributed by atoms with Crippen LogP contribution in [0.15, 0.2) is 30.3 Å². The molecule has 1 aromatic rings. The van der Waals surface area contributed by atoms with Gasteiger partial charge in [0.25, 0.3) is 0 Å². The molecule has 1 heterocycles. The van der Waals surface area contributed by atoms with Crippen LogP contribution in [0.5, 0.6) is 0 Å². The van der Waals surface area contributed by atoms with Gasteiger partial charge < -0.3 is 14.2 Å². The van der Waals surface area contributed by atoms with Crippen LogP contribution in [0.4, 0.5) is 4.79 Å². The predicted molar refractivity (Wildman–Crippen MR) is 85.8 cm³/mol. The van der Waals surface area contributed by atoms with Crippen LogP contribution in [0.2, 0.25) is 0 Å². The standard InChI is InChI=1S/C16H23NO4S/c18-16(21-13-15-6-2-1-3-7-15)17-10-4-8-14(12-17)9-5-11-22(19)20/h1-3,6-7,14H,4-5,8-13H2,(H,19,20). The first-order chi connectivity index (χ1) is 10.6. The summed E-state index contributed by atoms with van der Waals surface area (Å²) in [4.78, 5) is 13.9. The van der Waals surface area contributed by atoms with E-state index in [0.29, 0.717) is 24.8 Å². The highest BCUT2D eigenvalue weighted by Gasteiger charge is 2.24. The summed E-state index contributed by atoms with van der Waals surface area (Å²) >= 11 is -1.72. The Morgan fingerprint density at radius 1 is 1.36 bits per heavy atom. The first-order valence-electron chi connectivity index (χ1n) is 7.68.